The van der Waals surface area contributed by atoms with Crippen LogP contribution in [0.25, 0.3) is 0 Å². The zero-order chi connectivity index (χ0) is 10.6. The third kappa shape index (κ3) is 2.28. The Morgan fingerprint density at radius 1 is 1.50 bits per heavy atom. The van der Waals surface area contributed by atoms with Crippen LogP contribution in [0.4, 0.5) is 8.78 Å². The van der Waals surface area contributed by atoms with Gasteiger partial charge in [-0.05, 0) is 25.1 Å². The predicted molar refractivity (Wildman–Crippen MR) is 47.9 cm³/mol. The second kappa shape index (κ2) is 4.69. The molecule has 1 aromatic rings. The number of Topliss-reactive ketones (excluding diaryl/α,β-unsaturated/α-hetero) is 1. The van der Waals surface area contributed by atoms with Crippen molar-refractivity contribution in [3.05, 3.63) is 29.6 Å². The summed E-state index contributed by atoms with van der Waals surface area (Å²) in [4.78, 5) is 10.9. The molecular weight excluding hydrogens is 190 g/mol. The van der Waals surface area contributed by atoms with Crippen molar-refractivity contribution >= 4 is 5.78 Å². The van der Waals surface area contributed by atoms with E-state index >= 15 is 0 Å². The molecule has 0 saturated heterocycles. The van der Waals surface area contributed by atoms with Gasteiger partial charge in [0, 0.05) is 5.56 Å². The number of carbonyl (C=O) groups is 1. The second-order valence-electron chi connectivity index (χ2n) is 2.64. The molecule has 0 spiro atoms. The van der Waals surface area contributed by atoms with Crippen molar-refractivity contribution in [1.29, 1.82) is 0 Å². The first-order valence-electron chi connectivity index (χ1n) is 4.20. The summed E-state index contributed by atoms with van der Waals surface area (Å²) in [6.07, 6.45) is 0. The number of alkyl halides is 1. The molecule has 0 unspecified atom stereocenters. The normalized spacial score (nSPS) is 9.93. The van der Waals surface area contributed by atoms with E-state index in [0.717, 1.165) is 6.07 Å². The van der Waals surface area contributed by atoms with Gasteiger partial charge >= 0.3 is 0 Å². The summed E-state index contributed by atoms with van der Waals surface area (Å²) in [7, 11) is 0. The average molecular weight is 200 g/mol. The summed E-state index contributed by atoms with van der Waals surface area (Å²) in [5.41, 5.74) is 0.123. The maximum atomic E-state index is 13.0. The Morgan fingerprint density at radius 2 is 2.21 bits per heavy atom. The second-order valence-corrected chi connectivity index (χ2v) is 2.64. The highest BCUT2D eigenvalue weighted by atomic mass is 19.1. The van der Waals surface area contributed by atoms with E-state index in [1.165, 1.54) is 12.1 Å². The lowest BCUT2D eigenvalue weighted by atomic mass is 10.1. The molecule has 0 aliphatic heterocycles. The number of rotatable bonds is 4. The average Bonchev–Trinajstić information content (AvgIpc) is 2.20. The first-order chi connectivity index (χ1) is 6.69. The SMILES string of the molecule is CCOc1cc(C(=O)CF)ccc1F. The molecule has 1 rings (SSSR count). The molecule has 0 heterocycles. The van der Waals surface area contributed by atoms with Crippen molar-refractivity contribution in [3.63, 3.8) is 0 Å². The van der Waals surface area contributed by atoms with Crippen LogP contribution in [0.5, 0.6) is 5.75 Å². The van der Waals surface area contributed by atoms with E-state index in [4.69, 9.17) is 4.74 Å². The van der Waals surface area contributed by atoms with E-state index in [1.807, 2.05) is 0 Å². The Bertz CT molecular complexity index is 337. The van der Waals surface area contributed by atoms with E-state index in [9.17, 15) is 13.6 Å². The van der Waals surface area contributed by atoms with Gasteiger partial charge in [0.1, 0.15) is 0 Å². The highest BCUT2D eigenvalue weighted by Crippen LogP contribution is 2.19. The summed E-state index contributed by atoms with van der Waals surface area (Å²) in [5.74, 6) is -1.25. The van der Waals surface area contributed by atoms with Gasteiger partial charge in [-0.2, -0.15) is 0 Å². The van der Waals surface area contributed by atoms with Crippen LogP contribution in [-0.2, 0) is 0 Å². The van der Waals surface area contributed by atoms with Crippen molar-refractivity contribution in [1.82, 2.24) is 0 Å². The minimum atomic E-state index is -1.09. The van der Waals surface area contributed by atoms with Crippen LogP contribution in [0.15, 0.2) is 18.2 Å². The molecule has 1 aromatic carbocycles. The molecule has 0 fully saturated rings. The van der Waals surface area contributed by atoms with Gasteiger partial charge in [0.25, 0.3) is 0 Å². The van der Waals surface area contributed by atoms with Gasteiger partial charge in [-0.25, -0.2) is 8.78 Å². The number of carbonyl (C=O) groups excluding carboxylic acids is 1. The molecule has 4 heteroatoms. The quantitative estimate of drug-likeness (QED) is 0.697. The molecular formula is C10H10F2O2. The van der Waals surface area contributed by atoms with Gasteiger partial charge in [0.2, 0.25) is 0 Å². The molecule has 0 aromatic heterocycles. The van der Waals surface area contributed by atoms with Crippen LogP contribution >= 0.6 is 0 Å². The molecule has 76 valence electrons. The minimum Gasteiger partial charge on any atom is -0.491 e. The Hall–Kier alpha value is -1.45. The van der Waals surface area contributed by atoms with Gasteiger partial charge in [-0.1, -0.05) is 0 Å². The van der Waals surface area contributed by atoms with Gasteiger partial charge < -0.3 is 4.74 Å². The van der Waals surface area contributed by atoms with Gasteiger partial charge in [0.05, 0.1) is 6.61 Å². The third-order valence-corrected chi connectivity index (χ3v) is 1.67. The third-order valence-electron chi connectivity index (χ3n) is 1.67. The number of hydrogen-bond acceptors (Lipinski definition) is 2. The fraction of sp³-hybridized carbons (Fsp3) is 0.300. The lowest BCUT2D eigenvalue weighted by molar-refractivity contribution is 0.0958. The molecule has 2 nitrogen and oxygen atoms in total. The molecule has 14 heavy (non-hydrogen) atoms. The van der Waals surface area contributed by atoms with Crippen LogP contribution in [0.3, 0.4) is 0 Å². The molecule has 0 aliphatic rings. The zero-order valence-electron chi connectivity index (χ0n) is 7.72. The summed E-state index contributed by atoms with van der Waals surface area (Å²) in [6, 6.07) is 3.54. The van der Waals surface area contributed by atoms with Crippen LogP contribution in [0.1, 0.15) is 17.3 Å². The molecule has 0 saturated carbocycles. The topological polar surface area (TPSA) is 26.3 Å². The van der Waals surface area contributed by atoms with Crippen LogP contribution in [-0.4, -0.2) is 19.1 Å². The van der Waals surface area contributed by atoms with Crippen molar-refractivity contribution in [2.75, 3.05) is 13.3 Å². The maximum absolute atomic E-state index is 13.0. The van der Waals surface area contributed by atoms with Crippen LogP contribution in [0.2, 0.25) is 0 Å². The number of hydrogen-bond donors (Lipinski definition) is 0. The fourth-order valence-electron chi connectivity index (χ4n) is 1.02. The molecule has 0 N–H and O–H groups in total. The predicted octanol–water partition coefficient (Wildman–Crippen LogP) is 2.38. The summed E-state index contributed by atoms with van der Waals surface area (Å²) in [5, 5.41) is 0. The zero-order valence-corrected chi connectivity index (χ0v) is 7.72. The molecule has 0 atom stereocenters. The summed E-state index contributed by atoms with van der Waals surface area (Å²) >= 11 is 0. The van der Waals surface area contributed by atoms with Gasteiger partial charge in [-0.3, -0.25) is 4.79 Å². The molecule has 0 amide bonds. The number of benzene rings is 1. The Kier molecular flexibility index (Phi) is 3.56. The fourth-order valence-corrected chi connectivity index (χ4v) is 1.02. The van der Waals surface area contributed by atoms with Crippen molar-refractivity contribution in [3.8, 4) is 5.75 Å². The van der Waals surface area contributed by atoms with Crippen molar-refractivity contribution in [2.45, 2.75) is 6.92 Å². The lowest BCUT2D eigenvalue weighted by Crippen LogP contribution is -2.03. The van der Waals surface area contributed by atoms with E-state index in [-0.39, 0.29) is 11.3 Å². The number of ketones is 1. The number of ether oxygens (including phenoxy) is 1. The van der Waals surface area contributed by atoms with Crippen LogP contribution in [0, 0.1) is 5.82 Å². The van der Waals surface area contributed by atoms with Crippen LogP contribution < -0.4 is 4.74 Å². The highest BCUT2D eigenvalue weighted by molar-refractivity contribution is 5.97. The molecule has 0 radical (unpaired) electrons. The van der Waals surface area contributed by atoms with E-state index in [0.29, 0.717) is 6.61 Å². The van der Waals surface area contributed by atoms with Gasteiger partial charge in [-0.15, -0.1) is 0 Å². The molecule has 0 bridgehead atoms. The minimum absolute atomic E-state index is 0.0215. The Morgan fingerprint density at radius 3 is 2.79 bits per heavy atom. The van der Waals surface area contributed by atoms with E-state index < -0.39 is 18.3 Å². The standard InChI is InChI=1S/C10H10F2O2/c1-2-14-10-5-7(9(13)6-11)3-4-8(10)12/h3-5H,2,6H2,1H3. The monoisotopic (exact) mass is 200 g/mol. The lowest BCUT2D eigenvalue weighted by Gasteiger charge is -2.05. The van der Waals surface area contributed by atoms with Crippen molar-refractivity contribution < 1.29 is 18.3 Å². The number of halogens is 2. The Balaban J connectivity index is 2.99. The molecule has 0 aliphatic carbocycles. The summed E-state index contributed by atoms with van der Waals surface area (Å²) in [6.45, 7) is 0.907. The van der Waals surface area contributed by atoms with E-state index in [1.54, 1.807) is 6.92 Å². The Labute approximate surface area is 80.5 Å². The first kappa shape index (κ1) is 10.6. The summed E-state index contributed by atoms with van der Waals surface area (Å²) < 4.78 is 29.9. The maximum Gasteiger partial charge on any atom is 0.193 e. The first-order valence-corrected chi connectivity index (χ1v) is 4.20. The highest BCUT2D eigenvalue weighted by Gasteiger charge is 2.09. The van der Waals surface area contributed by atoms with Gasteiger partial charge in [0.15, 0.2) is 24.0 Å². The largest absolute Gasteiger partial charge is 0.491 e. The smallest absolute Gasteiger partial charge is 0.193 e. The van der Waals surface area contributed by atoms with Crippen molar-refractivity contribution in [2.24, 2.45) is 0 Å². The van der Waals surface area contributed by atoms with E-state index in [2.05, 4.69) is 0 Å².